The minimum absolute atomic E-state index is 0.109. The van der Waals surface area contributed by atoms with Crippen LogP contribution in [0.25, 0.3) is 0 Å². The second-order valence-electron chi connectivity index (χ2n) is 6.62. The van der Waals surface area contributed by atoms with Gasteiger partial charge in [-0.3, -0.25) is 4.79 Å². The SMILES string of the molecule is COc1cccc([C@H]2CC(=O)NC(C)=C2C(=O)OC(C)(C)C)c1. The smallest absolute Gasteiger partial charge is 0.336 e. The number of benzene rings is 1. The van der Waals surface area contributed by atoms with Crippen LogP contribution in [0.3, 0.4) is 0 Å². The van der Waals surface area contributed by atoms with Crippen LogP contribution in [0.2, 0.25) is 0 Å². The summed E-state index contributed by atoms with van der Waals surface area (Å²) in [7, 11) is 1.59. The normalized spacial score (nSPS) is 18.5. The van der Waals surface area contributed by atoms with E-state index in [1.54, 1.807) is 14.0 Å². The lowest BCUT2D eigenvalue weighted by Gasteiger charge is -2.29. The number of hydrogen-bond acceptors (Lipinski definition) is 4. The van der Waals surface area contributed by atoms with Gasteiger partial charge in [-0.05, 0) is 45.4 Å². The molecule has 0 unspecified atom stereocenters. The summed E-state index contributed by atoms with van der Waals surface area (Å²) in [5.74, 6) is -0.158. The number of nitrogens with one attached hydrogen (secondary N) is 1. The van der Waals surface area contributed by atoms with Gasteiger partial charge in [0.15, 0.2) is 0 Å². The molecule has 5 nitrogen and oxygen atoms in total. The highest BCUT2D eigenvalue weighted by atomic mass is 16.6. The van der Waals surface area contributed by atoms with Crippen LogP contribution in [0.4, 0.5) is 0 Å². The van der Waals surface area contributed by atoms with E-state index >= 15 is 0 Å². The number of ether oxygens (including phenoxy) is 2. The third kappa shape index (κ3) is 4.12. The number of carbonyl (C=O) groups is 2. The number of hydrogen-bond donors (Lipinski definition) is 1. The molecule has 1 aromatic carbocycles. The summed E-state index contributed by atoms with van der Waals surface area (Å²) in [4.78, 5) is 24.5. The fourth-order valence-electron chi connectivity index (χ4n) is 2.65. The summed E-state index contributed by atoms with van der Waals surface area (Å²) in [6.45, 7) is 7.19. The maximum atomic E-state index is 12.6. The van der Waals surface area contributed by atoms with Crippen molar-refractivity contribution < 1.29 is 19.1 Å². The average molecular weight is 317 g/mol. The molecule has 0 saturated carbocycles. The van der Waals surface area contributed by atoms with Gasteiger partial charge in [0.2, 0.25) is 5.91 Å². The van der Waals surface area contributed by atoms with Gasteiger partial charge in [-0.1, -0.05) is 12.1 Å². The summed E-state index contributed by atoms with van der Waals surface area (Å²) in [5, 5.41) is 2.73. The number of allylic oxidation sites excluding steroid dienone is 1. The fraction of sp³-hybridized carbons (Fsp3) is 0.444. The summed E-state index contributed by atoms with van der Waals surface area (Å²) in [6, 6.07) is 7.42. The molecule has 5 heteroatoms. The van der Waals surface area contributed by atoms with Crippen LogP contribution in [0, 0.1) is 0 Å². The Morgan fingerprint density at radius 1 is 1.30 bits per heavy atom. The van der Waals surface area contributed by atoms with Crippen molar-refractivity contribution in [3.63, 3.8) is 0 Å². The van der Waals surface area contributed by atoms with Crippen molar-refractivity contribution in [2.75, 3.05) is 7.11 Å². The molecule has 1 amide bonds. The monoisotopic (exact) mass is 317 g/mol. The maximum absolute atomic E-state index is 12.6. The Hall–Kier alpha value is -2.30. The van der Waals surface area contributed by atoms with Gasteiger partial charge in [0.05, 0.1) is 12.7 Å². The highest BCUT2D eigenvalue weighted by Crippen LogP contribution is 2.35. The molecule has 0 aliphatic carbocycles. The van der Waals surface area contributed by atoms with E-state index in [9.17, 15) is 9.59 Å². The Morgan fingerprint density at radius 3 is 2.61 bits per heavy atom. The first kappa shape index (κ1) is 17.1. The van der Waals surface area contributed by atoms with Gasteiger partial charge in [0, 0.05) is 18.0 Å². The molecule has 1 aromatic rings. The first-order valence-electron chi connectivity index (χ1n) is 7.59. The van der Waals surface area contributed by atoms with Crippen molar-refractivity contribution >= 4 is 11.9 Å². The van der Waals surface area contributed by atoms with Crippen LogP contribution in [-0.2, 0) is 14.3 Å². The standard InChI is InChI=1S/C18H23NO4/c1-11-16(17(21)23-18(2,3)4)14(10-15(20)19-11)12-7-6-8-13(9-12)22-5/h6-9,14H,10H2,1-5H3,(H,19,20)/t14-/m1/s1. The number of carbonyl (C=O) groups excluding carboxylic acids is 2. The molecule has 2 rings (SSSR count). The van der Waals surface area contributed by atoms with Crippen LogP contribution in [0.1, 0.15) is 45.6 Å². The van der Waals surface area contributed by atoms with E-state index in [0.29, 0.717) is 17.0 Å². The molecule has 0 spiro atoms. The quantitative estimate of drug-likeness (QED) is 0.871. The first-order valence-corrected chi connectivity index (χ1v) is 7.59. The molecular formula is C18H23NO4. The highest BCUT2D eigenvalue weighted by molar-refractivity contribution is 5.96. The van der Waals surface area contributed by atoms with E-state index in [4.69, 9.17) is 9.47 Å². The predicted octanol–water partition coefficient (Wildman–Crippen LogP) is 2.91. The zero-order valence-electron chi connectivity index (χ0n) is 14.2. The van der Waals surface area contributed by atoms with E-state index in [-0.39, 0.29) is 18.2 Å². The van der Waals surface area contributed by atoms with Crippen LogP contribution in [0.5, 0.6) is 5.75 Å². The van der Waals surface area contributed by atoms with Gasteiger partial charge in [-0.15, -0.1) is 0 Å². The molecule has 1 heterocycles. The molecule has 124 valence electrons. The molecular weight excluding hydrogens is 294 g/mol. The molecule has 0 saturated heterocycles. The summed E-state index contributed by atoms with van der Waals surface area (Å²) in [5.41, 5.74) is 1.31. The molecule has 0 fully saturated rings. The van der Waals surface area contributed by atoms with E-state index in [2.05, 4.69) is 5.32 Å². The summed E-state index contributed by atoms with van der Waals surface area (Å²) < 4.78 is 10.8. The van der Waals surface area contributed by atoms with Crippen molar-refractivity contribution in [1.82, 2.24) is 5.32 Å². The van der Waals surface area contributed by atoms with Crippen molar-refractivity contribution in [3.8, 4) is 5.75 Å². The topological polar surface area (TPSA) is 64.6 Å². The summed E-state index contributed by atoms with van der Waals surface area (Å²) >= 11 is 0. The number of rotatable bonds is 3. The molecule has 1 N–H and O–H groups in total. The Morgan fingerprint density at radius 2 is 2.00 bits per heavy atom. The van der Waals surface area contributed by atoms with Gasteiger partial charge in [0.25, 0.3) is 0 Å². The van der Waals surface area contributed by atoms with E-state index in [1.807, 2.05) is 45.0 Å². The van der Waals surface area contributed by atoms with Gasteiger partial charge < -0.3 is 14.8 Å². The Bertz CT molecular complexity index is 655. The summed E-state index contributed by atoms with van der Waals surface area (Å²) in [6.07, 6.45) is 0.207. The molecule has 0 radical (unpaired) electrons. The van der Waals surface area contributed by atoms with Gasteiger partial charge >= 0.3 is 5.97 Å². The zero-order chi connectivity index (χ0) is 17.2. The highest BCUT2D eigenvalue weighted by Gasteiger charge is 2.34. The second-order valence-corrected chi connectivity index (χ2v) is 6.62. The van der Waals surface area contributed by atoms with Crippen LogP contribution >= 0.6 is 0 Å². The number of methoxy groups -OCH3 is 1. The van der Waals surface area contributed by atoms with E-state index in [0.717, 1.165) is 5.56 Å². The Labute approximate surface area is 136 Å². The second kappa shape index (κ2) is 6.44. The van der Waals surface area contributed by atoms with Crippen molar-refractivity contribution in [3.05, 3.63) is 41.1 Å². The lowest BCUT2D eigenvalue weighted by atomic mass is 9.84. The van der Waals surface area contributed by atoms with Crippen molar-refractivity contribution in [1.29, 1.82) is 0 Å². The molecule has 1 aliphatic rings. The molecule has 1 aliphatic heterocycles. The van der Waals surface area contributed by atoms with E-state index < -0.39 is 11.6 Å². The average Bonchev–Trinajstić information content (AvgIpc) is 2.44. The predicted molar refractivity (Wildman–Crippen MR) is 87.0 cm³/mol. The minimum atomic E-state index is -0.593. The Kier molecular flexibility index (Phi) is 4.78. The van der Waals surface area contributed by atoms with Gasteiger partial charge in [-0.25, -0.2) is 4.79 Å². The lowest BCUT2D eigenvalue weighted by molar-refractivity contribution is -0.150. The third-order valence-corrected chi connectivity index (χ3v) is 3.58. The van der Waals surface area contributed by atoms with Crippen molar-refractivity contribution in [2.24, 2.45) is 0 Å². The van der Waals surface area contributed by atoms with Crippen LogP contribution in [-0.4, -0.2) is 24.6 Å². The maximum Gasteiger partial charge on any atom is 0.336 e. The van der Waals surface area contributed by atoms with Crippen LogP contribution < -0.4 is 10.1 Å². The fourth-order valence-corrected chi connectivity index (χ4v) is 2.65. The van der Waals surface area contributed by atoms with Gasteiger partial charge in [-0.2, -0.15) is 0 Å². The van der Waals surface area contributed by atoms with Crippen LogP contribution in [0.15, 0.2) is 35.5 Å². The zero-order valence-corrected chi connectivity index (χ0v) is 14.2. The molecule has 0 aromatic heterocycles. The third-order valence-electron chi connectivity index (χ3n) is 3.58. The van der Waals surface area contributed by atoms with Crippen molar-refractivity contribution in [2.45, 2.75) is 45.6 Å². The lowest BCUT2D eigenvalue weighted by Crippen LogP contribution is -2.36. The first-order chi connectivity index (χ1) is 10.7. The molecule has 23 heavy (non-hydrogen) atoms. The Balaban J connectivity index is 2.43. The number of amides is 1. The molecule has 0 bridgehead atoms. The van der Waals surface area contributed by atoms with E-state index in [1.165, 1.54) is 0 Å². The molecule has 1 atom stereocenters. The number of esters is 1. The van der Waals surface area contributed by atoms with Gasteiger partial charge in [0.1, 0.15) is 11.4 Å². The minimum Gasteiger partial charge on any atom is -0.497 e. The largest absolute Gasteiger partial charge is 0.497 e.